The van der Waals surface area contributed by atoms with Gasteiger partial charge in [0, 0.05) is 0 Å². The molecule has 0 rings (SSSR count). The number of amides is 1. The number of nitrogens with zero attached hydrogens (tertiary/aromatic N) is 1. The third-order valence-electron chi connectivity index (χ3n) is 0.900. The van der Waals surface area contributed by atoms with Crippen LogP contribution in [0.3, 0.4) is 0 Å². The van der Waals surface area contributed by atoms with Crippen LogP contribution in [0.15, 0.2) is 11.8 Å². The average molecular weight is 184 g/mol. The van der Waals surface area contributed by atoms with E-state index in [2.05, 4.69) is 4.74 Å². The third-order valence-corrected chi connectivity index (χ3v) is 0.900. The maximum absolute atomic E-state index is 10.7. The fourth-order valence-electron chi connectivity index (χ4n) is 0.497. The summed E-state index contributed by atoms with van der Waals surface area (Å²) in [5.74, 6) is -1.31. The monoisotopic (exact) mass is 184 g/mol. The Morgan fingerprint density at radius 1 is 1.69 bits per heavy atom. The van der Waals surface area contributed by atoms with E-state index in [1.54, 1.807) is 6.92 Å². The van der Waals surface area contributed by atoms with Gasteiger partial charge >= 0.3 is 12.1 Å². The predicted octanol–water partition coefficient (Wildman–Crippen LogP) is 0.225. The summed E-state index contributed by atoms with van der Waals surface area (Å²) in [4.78, 5) is 20.8. The van der Waals surface area contributed by atoms with Crippen molar-refractivity contribution in [3.05, 3.63) is 11.8 Å². The minimum atomic E-state index is -1.31. The molecule has 0 aromatic heterocycles. The van der Waals surface area contributed by atoms with E-state index >= 15 is 0 Å². The summed E-state index contributed by atoms with van der Waals surface area (Å²) in [7, 11) is 0. The molecule has 0 atom stereocenters. The van der Waals surface area contributed by atoms with Gasteiger partial charge in [0.05, 0.1) is 12.7 Å². The van der Waals surface area contributed by atoms with E-state index in [0.29, 0.717) is 6.08 Å². The number of rotatable bonds is 3. The van der Waals surface area contributed by atoms with Gasteiger partial charge in [-0.15, -0.1) is 0 Å². The highest BCUT2D eigenvalue weighted by Crippen LogP contribution is 1.88. The fraction of sp³-hybridized carbons (Fsp3) is 0.286. The molecular weight excluding hydrogens is 176 g/mol. The molecule has 0 aromatic rings. The molecule has 13 heavy (non-hydrogen) atoms. The van der Waals surface area contributed by atoms with Gasteiger partial charge in [-0.1, -0.05) is 0 Å². The van der Waals surface area contributed by atoms with Crippen LogP contribution in [-0.2, 0) is 9.53 Å². The van der Waals surface area contributed by atoms with Crippen molar-refractivity contribution in [3.63, 3.8) is 0 Å². The van der Waals surface area contributed by atoms with Crippen LogP contribution < -0.4 is 5.32 Å². The largest absolute Gasteiger partial charge is 0.478 e. The van der Waals surface area contributed by atoms with Crippen molar-refractivity contribution < 1.29 is 19.4 Å². The van der Waals surface area contributed by atoms with E-state index in [0.717, 1.165) is 0 Å². The van der Waals surface area contributed by atoms with Gasteiger partial charge < -0.3 is 9.84 Å². The number of carboxylic acid groups (broad SMARTS) is 1. The van der Waals surface area contributed by atoms with Crippen molar-refractivity contribution >= 4 is 12.1 Å². The van der Waals surface area contributed by atoms with E-state index in [4.69, 9.17) is 10.4 Å². The van der Waals surface area contributed by atoms with Gasteiger partial charge in [-0.3, -0.25) is 5.32 Å². The van der Waals surface area contributed by atoms with Crippen molar-refractivity contribution in [1.29, 1.82) is 5.26 Å². The number of hydrogen-bond acceptors (Lipinski definition) is 4. The molecule has 0 saturated heterocycles. The molecule has 0 radical (unpaired) electrons. The first kappa shape index (κ1) is 11.0. The number of hydrogen-bond donors (Lipinski definition) is 2. The van der Waals surface area contributed by atoms with Crippen molar-refractivity contribution in [1.82, 2.24) is 5.32 Å². The summed E-state index contributed by atoms with van der Waals surface area (Å²) in [5.41, 5.74) is -0.369. The molecule has 0 spiro atoms. The molecule has 2 N–H and O–H groups in total. The second kappa shape index (κ2) is 5.60. The van der Waals surface area contributed by atoms with Gasteiger partial charge in [0.1, 0.15) is 11.8 Å². The summed E-state index contributed by atoms with van der Waals surface area (Å²) in [6, 6.07) is 1.49. The van der Waals surface area contributed by atoms with Crippen LogP contribution in [0.5, 0.6) is 0 Å². The van der Waals surface area contributed by atoms with Gasteiger partial charge in [-0.05, 0) is 6.92 Å². The van der Waals surface area contributed by atoms with Crippen LogP contribution in [0, 0.1) is 11.3 Å². The molecule has 0 aliphatic carbocycles. The Balaban J connectivity index is 4.24. The lowest BCUT2D eigenvalue weighted by atomic mass is 10.4. The highest BCUT2D eigenvalue weighted by molar-refractivity contribution is 5.83. The van der Waals surface area contributed by atoms with E-state index in [1.165, 1.54) is 6.07 Å². The third kappa shape index (κ3) is 5.26. The van der Waals surface area contributed by atoms with Crippen molar-refractivity contribution in [2.24, 2.45) is 0 Å². The van der Waals surface area contributed by atoms with Crippen LogP contribution in [0.2, 0.25) is 0 Å². The van der Waals surface area contributed by atoms with E-state index in [-0.39, 0.29) is 12.3 Å². The Hall–Kier alpha value is -2.03. The number of carbonyl (C=O) groups is 2. The molecule has 0 saturated carbocycles. The van der Waals surface area contributed by atoms with Crippen LogP contribution in [0.25, 0.3) is 0 Å². The zero-order chi connectivity index (χ0) is 10.3. The second-order valence-electron chi connectivity index (χ2n) is 1.85. The SMILES string of the molecule is CCOC(=O)NC(C#N)=CC(=O)O. The molecule has 6 heteroatoms. The first-order chi connectivity index (χ1) is 6.10. The quantitative estimate of drug-likeness (QED) is 0.483. The lowest BCUT2D eigenvalue weighted by Crippen LogP contribution is -2.23. The standard InChI is InChI=1S/C7H8N2O4/c1-2-13-7(12)9-5(4-8)3-6(10)11/h3H,2H2,1H3,(H,9,12)(H,10,11). The van der Waals surface area contributed by atoms with E-state index < -0.39 is 12.1 Å². The number of ether oxygens (including phenoxy) is 1. The minimum absolute atomic E-state index is 0.150. The minimum Gasteiger partial charge on any atom is -0.478 e. The smallest absolute Gasteiger partial charge is 0.412 e. The zero-order valence-electron chi connectivity index (χ0n) is 6.90. The fourth-order valence-corrected chi connectivity index (χ4v) is 0.497. The number of nitriles is 1. The number of alkyl carbamates (subject to hydrolysis) is 1. The lowest BCUT2D eigenvalue weighted by molar-refractivity contribution is -0.131. The Bertz CT molecular complexity index is 277. The number of carbonyl (C=O) groups excluding carboxylic acids is 1. The molecule has 0 bridgehead atoms. The summed E-state index contributed by atoms with van der Waals surface area (Å²) >= 11 is 0. The first-order valence-corrected chi connectivity index (χ1v) is 3.38. The van der Waals surface area contributed by atoms with Crippen molar-refractivity contribution in [2.45, 2.75) is 6.92 Å². The van der Waals surface area contributed by atoms with Crippen LogP contribution in [-0.4, -0.2) is 23.8 Å². The van der Waals surface area contributed by atoms with Crippen LogP contribution in [0.4, 0.5) is 4.79 Å². The molecule has 0 aliphatic heterocycles. The molecule has 0 aliphatic rings. The Labute approximate surface area is 74.4 Å². The van der Waals surface area contributed by atoms with Crippen LogP contribution >= 0.6 is 0 Å². The molecule has 0 unspecified atom stereocenters. The Morgan fingerprint density at radius 3 is 2.69 bits per heavy atom. The number of nitrogens with one attached hydrogen (secondary N) is 1. The normalized spacial score (nSPS) is 10.0. The van der Waals surface area contributed by atoms with Crippen LogP contribution in [0.1, 0.15) is 6.92 Å². The number of carboxylic acids is 1. The number of aliphatic carboxylic acids is 1. The molecule has 0 aromatic carbocycles. The maximum atomic E-state index is 10.7. The summed E-state index contributed by atoms with van der Waals surface area (Å²) in [5, 5.41) is 18.5. The van der Waals surface area contributed by atoms with Crippen molar-refractivity contribution in [2.75, 3.05) is 6.61 Å². The van der Waals surface area contributed by atoms with E-state index in [9.17, 15) is 9.59 Å². The Kier molecular flexibility index (Phi) is 4.72. The Morgan fingerprint density at radius 2 is 2.31 bits per heavy atom. The molecule has 0 fully saturated rings. The zero-order valence-corrected chi connectivity index (χ0v) is 6.90. The maximum Gasteiger partial charge on any atom is 0.412 e. The summed E-state index contributed by atoms with van der Waals surface area (Å²) in [6.45, 7) is 1.74. The van der Waals surface area contributed by atoms with Gasteiger partial charge in [0.25, 0.3) is 0 Å². The van der Waals surface area contributed by atoms with E-state index in [1.807, 2.05) is 5.32 Å². The summed E-state index contributed by atoms with van der Waals surface area (Å²) < 4.78 is 4.42. The summed E-state index contributed by atoms with van der Waals surface area (Å²) in [6.07, 6.45) is -0.270. The molecular formula is C7H8N2O4. The van der Waals surface area contributed by atoms with Gasteiger partial charge in [0.2, 0.25) is 0 Å². The average Bonchev–Trinajstić information content (AvgIpc) is 2.02. The van der Waals surface area contributed by atoms with Gasteiger partial charge in [-0.25, -0.2) is 9.59 Å². The highest BCUT2D eigenvalue weighted by atomic mass is 16.5. The highest BCUT2D eigenvalue weighted by Gasteiger charge is 2.04. The van der Waals surface area contributed by atoms with Gasteiger partial charge in [0.15, 0.2) is 0 Å². The lowest BCUT2D eigenvalue weighted by Gasteiger charge is -2.01. The molecule has 70 valence electrons. The van der Waals surface area contributed by atoms with Gasteiger partial charge in [-0.2, -0.15) is 5.26 Å². The topological polar surface area (TPSA) is 99.4 Å². The second-order valence-corrected chi connectivity index (χ2v) is 1.85. The molecule has 0 heterocycles. The molecule has 1 amide bonds. The predicted molar refractivity (Wildman–Crippen MR) is 41.5 cm³/mol. The first-order valence-electron chi connectivity index (χ1n) is 3.38. The van der Waals surface area contributed by atoms with Crippen molar-refractivity contribution in [3.8, 4) is 6.07 Å². The number of allylic oxidation sites excluding steroid dienone is 1. The molecule has 6 nitrogen and oxygen atoms in total.